The Morgan fingerprint density at radius 2 is 1.81 bits per heavy atom. The van der Waals surface area contributed by atoms with Gasteiger partial charge in [0.05, 0.1) is 0 Å². The van der Waals surface area contributed by atoms with Crippen molar-refractivity contribution in [2.24, 2.45) is 0 Å². The molecule has 0 bridgehead atoms. The van der Waals surface area contributed by atoms with E-state index in [0.717, 1.165) is 0 Å². The Kier molecular flexibility index (Phi) is 4.57. The lowest BCUT2D eigenvalue weighted by Crippen LogP contribution is -2.17. The number of ether oxygens (including phenoxy) is 1. The highest BCUT2D eigenvalue weighted by atomic mass is 35.5. The van der Waals surface area contributed by atoms with E-state index in [1.54, 1.807) is 0 Å². The van der Waals surface area contributed by atoms with Crippen molar-refractivity contribution < 1.29 is 22.3 Å². The molecular formula is C14H10ClF4NO. The van der Waals surface area contributed by atoms with E-state index in [0.29, 0.717) is 5.69 Å². The van der Waals surface area contributed by atoms with Gasteiger partial charge in [-0.2, -0.15) is 0 Å². The SMILES string of the molecule is Fc1cccc(Cl)c1CNc1cccc(OC(F)(F)F)c1. The molecule has 0 spiro atoms. The van der Waals surface area contributed by atoms with E-state index in [4.69, 9.17) is 11.6 Å². The molecule has 0 aliphatic carbocycles. The fourth-order valence-electron chi connectivity index (χ4n) is 1.69. The first kappa shape index (κ1) is 15.4. The van der Waals surface area contributed by atoms with Crippen molar-refractivity contribution in [1.29, 1.82) is 0 Å². The van der Waals surface area contributed by atoms with Crippen molar-refractivity contribution >= 4 is 17.3 Å². The van der Waals surface area contributed by atoms with Crippen LogP contribution in [0.25, 0.3) is 0 Å². The molecule has 1 N–H and O–H groups in total. The molecule has 2 aromatic rings. The third-order valence-corrected chi connectivity index (χ3v) is 2.95. The van der Waals surface area contributed by atoms with Crippen molar-refractivity contribution in [3.05, 3.63) is 58.9 Å². The van der Waals surface area contributed by atoms with E-state index in [1.807, 2.05) is 0 Å². The van der Waals surface area contributed by atoms with E-state index < -0.39 is 12.2 Å². The van der Waals surface area contributed by atoms with Crippen LogP contribution in [-0.2, 0) is 6.54 Å². The number of nitrogens with one attached hydrogen (secondary N) is 1. The predicted octanol–water partition coefficient (Wildman–Crippen LogP) is 4.99. The standard InChI is InChI=1S/C14H10ClF4NO/c15-12-5-2-6-13(16)11(12)8-20-9-3-1-4-10(7-9)21-14(17,18)19/h1-7,20H,8H2. The summed E-state index contributed by atoms with van der Waals surface area (Å²) >= 11 is 5.86. The molecule has 21 heavy (non-hydrogen) atoms. The van der Waals surface area contributed by atoms with Crippen LogP contribution in [0.2, 0.25) is 5.02 Å². The van der Waals surface area contributed by atoms with Gasteiger partial charge in [-0.3, -0.25) is 0 Å². The Labute approximate surface area is 123 Å². The molecule has 0 unspecified atom stereocenters. The van der Waals surface area contributed by atoms with Gasteiger partial charge in [0.1, 0.15) is 11.6 Å². The van der Waals surface area contributed by atoms with E-state index >= 15 is 0 Å². The Bertz CT molecular complexity index is 610. The highest BCUT2D eigenvalue weighted by molar-refractivity contribution is 6.31. The molecule has 2 nitrogen and oxygen atoms in total. The molecule has 7 heteroatoms. The summed E-state index contributed by atoms with van der Waals surface area (Å²) in [7, 11) is 0. The molecule has 0 aliphatic heterocycles. The molecule has 0 heterocycles. The molecule has 0 aliphatic rings. The summed E-state index contributed by atoms with van der Waals surface area (Å²) in [6.45, 7) is 0.0426. The molecule has 0 atom stereocenters. The zero-order valence-electron chi connectivity index (χ0n) is 10.5. The van der Waals surface area contributed by atoms with Gasteiger partial charge in [0, 0.05) is 28.9 Å². The number of hydrogen-bond donors (Lipinski definition) is 1. The minimum atomic E-state index is -4.76. The summed E-state index contributed by atoms with van der Waals surface area (Å²) in [5.74, 6) is -0.843. The molecule has 0 radical (unpaired) electrons. The van der Waals surface area contributed by atoms with Crippen molar-refractivity contribution in [2.45, 2.75) is 12.9 Å². The van der Waals surface area contributed by atoms with Crippen LogP contribution in [0.3, 0.4) is 0 Å². The maximum atomic E-state index is 13.6. The first-order chi connectivity index (χ1) is 9.85. The summed E-state index contributed by atoms with van der Waals surface area (Å²) in [5.41, 5.74) is 0.595. The van der Waals surface area contributed by atoms with Gasteiger partial charge in [-0.15, -0.1) is 13.2 Å². The minimum absolute atomic E-state index is 0.0426. The highest BCUT2D eigenvalue weighted by Crippen LogP contribution is 2.26. The van der Waals surface area contributed by atoms with Gasteiger partial charge in [-0.25, -0.2) is 4.39 Å². The number of anilines is 1. The zero-order valence-corrected chi connectivity index (χ0v) is 11.3. The van der Waals surface area contributed by atoms with Crippen LogP contribution >= 0.6 is 11.6 Å². The Morgan fingerprint density at radius 1 is 1.10 bits per heavy atom. The average Bonchev–Trinajstić information content (AvgIpc) is 2.36. The second-order valence-electron chi connectivity index (χ2n) is 4.13. The number of hydrogen-bond acceptors (Lipinski definition) is 2. The second kappa shape index (κ2) is 6.22. The maximum Gasteiger partial charge on any atom is 0.573 e. The summed E-state index contributed by atoms with van der Waals surface area (Å²) in [6.07, 6.45) is -4.76. The van der Waals surface area contributed by atoms with Crippen molar-refractivity contribution in [1.82, 2.24) is 0 Å². The van der Waals surface area contributed by atoms with Crippen LogP contribution in [0.5, 0.6) is 5.75 Å². The van der Waals surface area contributed by atoms with Gasteiger partial charge in [-0.05, 0) is 24.3 Å². The van der Waals surface area contributed by atoms with Gasteiger partial charge < -0.3 is 10.1 Å². The van der Waals surface area contributed by atoms with E-state index in [-0.39, 0.29) is 22.9 Å². The Hall–Kier alpha value is -1.95. The van der Waals surface area contributed by atoms with E-state index in [2.05, 4.69) is 10.1 Å². The van der Waals surface area contributed by atoms with Gasteiger partial charge in [0.2, 0.25) is 0 Å². The van der Waals surface area contributed by atoms with Gasteiger partial charge in [-0.1, -0.05) is 23.7 Å². The van der Waals surface area contributed by atoms with Crippen LogP contribution in [0, 0.1) is 5.82 Å². The van der Waals surface area contributed by atoms with E-state index in [9.17, 15) is 17.6 Å². The first-order valence-electron chi connectivity index (χ1n) is 5.88. The quantitative estimate of drug-likeness (QED) is 0.802. The first-order valence-corrected chi connectivity index (χ1v) is 6.25. The van der Waals surface area contributed by atoms with Crippen LogP contribution in [-0.4, -0.2) is 6.36 Å². The summed E-state index contributed by atoms with van der Waals surface area (Å²) in [5, 5.41) is 3.04. The fourth-order valence-corrected chi connectivity index (χ4v) is 1.92. The molecule has 112 valence electrons. The molecule has 0 saturated carbocycles. The fraction of sp³-hybridized carbons (Fsp3) is 0.143. The average molecular weight is 320 g/mol. The number of halogens is 5. The monoisotopic (exact) mass is 319 g/mol. The van der Waals surface area contributed by atoms with Gasteiger partial charge in [0.15, 0.2) is 0 Å². The number of benzene rings is 2. The van der Waals surface area contributed by atoms with E-state index in [1.165, 1.54) is 42.5 Å². The number of rotatable bonds is 4. The highest BCUT2D eigenvalue weighted by Gasteiger charge is 2.31. The molecule has 0 fully saturated rings. The van der Waals surface area contributed by atoms with Crippen molar-refractivity contribution in [3.8, 4) is 5.75 Å². The van der Waals surface area contributed by atoms with Crippen LogP contribution in [0.4, 0.5) is 23.2 Å². The minimum Gasteiger partial charge on any atom is -0.406 e. The third kappa shape index (κ3) is 4.53. The van der Waals surface area contributed by atoms with Gasteiger partial charge >= 0.3 is 6.36 Å². The van der Waals surface area contributed by atoms with Crippen LogP contribution in [0.1, 0.15) is 5.56 Å². The smallest absolute Gasteiger partial charge is 0.406 e. The van der Waals surface area contributed by atoms with Crippen molar-refractivity contribution in [3.63, 3.8) is 0 Å². The predicted molar refractivity (Wildman–Crippen MR) is 71.9 cm³/mol. The number of alkyl halides is 3. The summed E-state index contributed by atoms with van der Waals surface area (Å²) in [6, 6.07) is 9.54. The summed E-state index contributed by atoms with van der Waals surface area (Å²) < 4.78 is 53.7. The Morgan fingerprint density at radius 3 is 2.48 bits per heavy atom. The molecule has 0 amide bonds. The molecule has 0 aromatic heterocycles. The topological polar surface area (TPSA) is 21.3 Å². The second-order valence-corrected chi connectivity index (χ2v) is 4.54. The largest absolute Gasteiger partial charge is 0.573 e. The lowest BCUT2D eigenvalue weighted by molar-refractivity contribution is -0.274. The van der Waals surface area contributed by atoms with Crippen LogP contribution < -0.4 is 10.1 Å². The normalized spacial score (nSPS) is 11.3. The molecule has 2 aromatic carbocycles. The third-order valence-electron chi connectivity index (χ3n) is 2.60. The zero-order chi connectivity index (χ0) is 15.5. The maximum absolute atomic E-state index is 13.6. The summed E-state index contributed by atoms with van der Waals surface area (Å²) in [4.78, 5) is 0. The molecule has 2 rings (SSSR count). The van der Waals surface area contributed by atoms with Crippen molar-refractivity contribution in [2.75, 3.05) is 5.32 Å². The molecular weight excluding hydrogens is 310 g/mol. The Balaban J connectivity index is 2.09. The lowest BCUT2D eigenvalue weighted by atomic mass is 10.2. The molecule has 0 saturated heterocycles. The van der Waals surface area contributed by atoms with Crippen LogP contribution in [0.15, 0.2) is 42.5 Å². The lowest BCUT2D eigenvalue weighted by Gasteiger charge is -2.12. The van der Waals surface area contributed by atoms with Gasteiger partial charge in [0.25, 0.3) is 0 Å².